The summed E-state index contributed by atoms with van der Waals surface area (Å²) in [5.41, 5.74) is -0.0762. The highest BCUT2D eigenvalue weighted by Gasteiger charge is 2.65. The van der Waals surface area contributed by atoms with Crippen molar-refractivity contribution in [2.75, 3.05) is 0 Å². The summed E-state index contributed by atoms with van der Waals surface area (Å²) in [5, 5.41) is 53.6. The van der Waals surface area contributed by atoms with Crippen molar-refractivity contribution in [3.8, 4) is 0 Å². The van der Waals surface area contributed by atoms with Gasteiger partial charge in [0.1, 0.15) is 6.04 Å². The fraction of sp³-hybridized carbons (Fsp3) is 0.897. The molecule has 4 fully saturated rings. The van der Waals surface area contributed by atoms with Crippen LogP contribution in [0.5, 0.6) is 0 Å². The van der Waals surface area contributed by atoms with E-state index in [2.05, 4.69) is 26.1 Å². The lowest BCUT2D eigenvalue weighted by Crippen LogP contribution is -2.64. The van der Waals surface area contributed by atoms with Crippen molar-refractivity contribution >= 4 is 17.8 Å². The third-order valence-electron chi connectivity index (χ3n) is 11.6. The lowest BCUT2D eigenvalue weighted by molar-refractivity contribution is -0.223. The van der Waals surface area contributed by atoms with E-state index in [0.29, 0.717) is 30.6 Å². The molecule has 0 aromatic heterocycles. The van der Waals surface area contributed by atoms with E-state index in [0.717, 1.165) is 38.5 Å². The van der Waals surface area contributed by atoms with Crippen molar-refractivity contribution in [2.24, 2.45) is 46.3 Å². The number of amides is 1. The van der Waals surface area contributed by atoms with Crippen molar-refractivity contribution in [1.82, 2.24) is 5.32 Å². The van der Waals surface area contributed by atoms with Crippen molar-refractivity contribution in [3.05, 3.63) is 0 Å². The van der Waals surface area contributed by atoms with Crippen LogP contribution in [-0.4, -0.2) is 67.7 Å². The Morgan fingerprint density at radius 2 is 1.50 bits per heavy atom. The van der Waals surface area contributed by atoms with Crippen LogP contribution in [0.3, 0.4) is 0 Å². The largest absolute Gasteiger partial charge is 0.481 e. The second-order valence-corrected chi connectivity index (χ2v) is 13.4. The van der Waals surface area contributed by atoms with Crippen LogP contribution in [0.25, 0.3) is 0 Å². The van der Waals surface area contributed by atoms with Gasteiger partial charge in [0.15, 0.2) is 0 Å². The molecule has 0 aromatic rings. The fourth-order valence-corrected chi connectivity index (χ4v) is 9.57. The Labute approximate surface area is 225 Å². The predicted octanol–water partition coefficient (Wildman–Crippen LogP) is 2.80. The fourth-order valence-electron chi connectivity index (χ4n) is 9.57. The number of carbonyl (C=O) groups is 3. The number of carbonyl (C=O) groups excluding carboxylic acids is 1. The van der Waals surface area contributed by atoms with Gasteiger partial charge in [0.25, 0.3) is 0 Å². The highest BCUT2D eigenvalue weighted by molar-refractivity contribution is 5.83. The summed E-state index contributed by atoms with van der Waals surface area (Å²) < 4.78 is 0. The molecule has 4 aliphatic rings. The number of aliphatic hydroxyl groups excluding tert-OH is 3. The van der Waals surface area contributed by atoms with Crippen LogP contribution >= 0.6 is 0 Å². The molecule has 4 saturated carbocycles. The van der Waals surface area contributed by atoms with Crippen molar-refractivity contribution in [3.63, 3.8) is 0 Å². The summed E-state index contributed by atoms with van der Waals surface area (Å²) >= 11 is 0. The molecule has 38 heavy (non-hydrogen) atoms. The first-order chi connectivity index (χ1) is 17.8. The highest BCUT2D eigenvalue weighted by Crippen LogP contribution is 2.68. The molecule has 12 atom stereocenters. The molecular weight excluding hydrogens is 490 g/mol. The molecule has 4 aliphatic carbocycles. The minimum Gasteiger partial charge on any atom is -0.481 e. The third kappa shape index (κ3) is 5.22. The van der Waals surface area contributed by atoms with Crippen molar-refractivity contribution in [1.29, 1.82) is 0 Å². The van der Waals surface area contributed by atoms with Crippen molar-refractivity contribution in [2.45, 2.75) is 116 Å². The second-order valence-electron chi connectivity index (χ2n) is 13.4. The van der Waals surface area contributed by atoms with E-state index in [1.165, 1.54) is 0 Å². The van der Waals surface area contributed by atoms with Crippen LogP contribution in [0.2, 0.25) is 0 Å². The molecule has 0 saturated heterocycles. The number of hydrogen-bond acceptors (Lipinski definition) is 6. The van der Waals surface area contributed by atoms with Gasteiger partial charge in [-0.2, -0.15) is 0 Å². The average molecular weight is 538 g/mol. The predicted molar refractivity (Wildman–Crippen MR) is 139 cm³/mol. The van der Waals surface area contributed by atoms with E-state index in [1.54, 1.807) is 0 Å². The molecule has 0 bridgehead atoms. The number of carboxylic acids is 2. The van der Waals surface area contributed by atoms with Crippen LogP contribution in [0.1, 0.15) is 91.4 Å². The number of aliphatic hydroxyl groups is 3. The van der Waals surface area contributed by atoms with Crippen LogP contribution < -0.4 is 5.32 Å². The summed E-state index contributed by atoms with van der Waals surface area (Å²) in [6, 6.07) is -1.21. The van der Waals surface area contributed by atoms with Crippen LogP contribution in [-0.2, 0) is 14.4 Å². The van der Waals surface area contributed by atoms with Crippen LogP contribution in [0, 0.1) is 46.3 Å². The van der Waals surface area contributed by atoms with Gasteiger partial charge in [-0.25, -0.2) is 4.79 Å². The molecule has 0 unspecified atom stereocenters. The number of rotatable bonds is 9. The Balaban J connectivity index is 1.41. The Morgan fingerprint density at radius 3 is 2.16 bits per heavy atom. The van der Waals surface area contributed by atoms with Gasteiger partial charge < -0.3 is 30.8 Å². The minimum absolute atomic E-state index is 0.000222. The van der Waals surface area contributed by atoms with Gasteiger partial charge in [0.05, 0.1) is 18.3 Å². The minimum atomic E-state index is -1.23. The number of carboxylic acid groups (broad SMARTS) is 2. The summed E-state index contributed by atoms with van der Waals surface area (Å²) in [6.07, 6.45) is 4.55. The summed E-state index contributed by atoms with van der Waals surface area (Å²) in [5.74, 6) is -1.52. The lowest BCUT2D eigenvalue weighted by atomic mass is 9.43. The molecular formula is C29H47NO8. The number of hydrogen-bond donors (Lipinski definition) is 6. The van der Waals surface area contributed by atoms with Gasteiger partial charge in [-0.3, -0.25) is 9.59 Å². The first-order valence-corrected chi connectivity index (χ1v) is 14.6. The molecule has 216 valence electrons. The quantitative estimate of drug-likeness (QED) is 0.261. The topological polar surface area (TPSA) is 164 Å². The van der Waals surface area contributed by atoms with E-state index in [1.807, 2.05) is 0 Å². The van der Waals surface area contributed by atoms with Crippen LogP contribution in [0.4, 0.5) is 0 Å². The zero-order chi connectivity index (χ0) is 28.0. The number of aliphatic carboxylic acids is 2. The van der Waals surface area contributed by atoms with Gasteiger partial charge >= 0.3 is 11.9 Å². The van der Waals surface area contributed by atoms with Gasteiger partial charge in [-0.05, 0) is 104 Å². The van der Waals surface area contributed by atoms with E-state index in [-0.39, 0.29) is 53.8 Å². The molecule has 9 nitrogen and oxygen atoms in total. The maximum atomic E-state index is 12.5. The molecule has 0 aliphatic heterocycles. The zero-order valence-corrected chi connectivity index (χ0v) is 23.0. The summed E-state index contributed by atoms with van der Waals surface area (Å²) in [7, 11) is 0. The second kappa shape index (κ2) is 11.0. The van der Waals surface area contributed by atoms with E-state index in [9.17, 15) is 34.8 Å². The van der Waals surface area contributed by atoms with Gasteiger partial charge in [0.2, 0.25) is 5.91 Å². The lowest BCUT2D eigenvalue weighted by Gasteiger charge is -2.63. The van der Waals surface area contributed by atoms with E-state index >= 15 is 0 Å². The summed E-state index contributed by atoms with van der Waals surface area (Å²) in [4.78, 5) is 34.8. The van der Waals surface area contributed by atoms with Gasteiger partial charge in [0, 0.05) is 12.8 Å². The zero-order valence-electron chi connectivity index (χ0n) is 23.0. The number of nitrogens with one attached hydrogen (secondary N) is 1. The van der Waals surface area contributed by atoms with E-state index in [4.69, 9.17) is 5.11 Å². The van der Waals surface area contributed by atoms with Crippen molar-refractivity contribution < 1.29 is 39.9 Å². The molecule has 0 spiro atoms. The number of fused-ring (bicyclic) bond motifs is 5. The SMILES string of the molecule is C[C@H](CCC(=O)N[C@@H](CCC(=O)O)C(=O)O)[C@H]1CC[C@H]2[C@@H]3[C@H](O)[C@@H](O)[C@@H]4C[C@H](O)CC[C@]4(C)[C@H]3CC[C@]12C. The third-order valence-corrected chi connectivity index (χ3v) is 11.6. The normalized spacial score (nSPS) is 43.7. The molecule has 0 radical (unpaired) electrons. The standard InChI is InChI=1S/C29H47NO8/c1-15(4-8-22(32)30-21(27(37)38)7-9-23(33)34)17-5-6-18-24-19(11-13-28(17,18)2)29(3)12-10-16(31)14-20(29)25(35)26(24)36/h15-21,24-26,31,35-36H,4-14H2,1-3H3,(H,30,32)(H,33,34)(H,37,38)/t15-,16-,17-,18+,19+,20+,21+,24+,25+,26+,28-,29-/m1/s1. The maximum Gasteiger partial charge on any atom is 0.326 e. The molecule has 1 amide bonds. The molecule has 0 aromatic carbocycles. The molecule has 0 heterocycles. The van der Waals surface area contributed by atoms with Gasteiger partial charge in [-0.1, -0.05) is 20.8 Å². The molecule has 6 N–H and O–H groups in total. The Kier molecular flexibility index (Phi) is 8.51. The average Bonchev–Trinajstić information content (AvgIpc) is 3.21. The monoisotopic (exact) mass is 537 g/mol. The Morgan fingerprint density at radius 1 is 0.842 bits per heavy atom. The van der Waals surface area contributed by atoms with Gasteiger partial charge in [-0.15, -0.1) is 0 Å². The Bertz CT molecular complexity index is 911. The molecule has 9 heteroatoms. The smallest absolute Gasteiger partial charge is 0.326 e. The first-order valence-electron chi connectivity index (χ1n) is 14.6. The van der Waals surface area contributed by atoms with Crippen LogP contribution in [0.15, 0.2) is 0 Å². The highest BCUT2D eigenvalue weighted by atomic mass is 16.4. The molecule has 4 rings (SSSR count). The first kappa shape index (κ1) is 29.3. The summed E-state index contributed by atoms with van der Waals surface area (Å²) in [6.45, 7) is 6.75. The Hall–Kier alpha value is -1.71. The van der Waals surface area contributed by atoms with E-state index < -0.39 is 36.3 Å². The maximum absolute atomic E-state index is 12.5.